The predicted octanol–water partition coefficient (Wildman–Crippen LogP) is 1.04. The molecule has 0 spiro atoms. The van der Waals surface area contributed by atoms with Crippen LogP contribution in [0.15, 0.2) is 26.9 Å². The summed E-state index contributed by atoms with van der Waals surface area (Å²) in [7, 11) is 0. The summed E-state index contributed by atoms with van der Waals surface area (Å²) in [5.74, 6) is 0.511. The van der Waals surface area contributed by atoms with Gasteiger partial charge in [-0.05, 0) is 0 Å². The minimum Gasteiger partial charge on any atom is -0.295 e. The number of hydrogen-bond acceptors (Lipinski definition) is 7. The molecule has 3 rings (SSSR count). The van der Waals surface area contributed by atoms with Crippen molar-refractivity contribution in [3.8, 4) is 6.07 Å². The van der Waals surface area contributed by atoms with Crippen LogP contribution in [0.1, 0.15) is 11.3 Å². The zero-order valence-electron chi connectivity index (χ0n) is 9.40. The fourth-order valence-corrected chi connectivity index (χ4v) is 2.93. The Kier molecular flexibility index (Phi) is 3.02. The molecular weight excluding hydrogens is 284 g/mol. The summed E-state index contributed by atoms with van der Waals surface area (Å²) < 4.78 is 2.06. The van der Waals surface area contributed by atoms with E-state index in [0.717, 1.165) is 4.34 Å². The van der Waals surface area contributed by atoms with E-state index in [9.17, 15) is 4.79 Å². The normalized spacial score (nSPS) is 10.7. The van der Waals surface area contributed by atoms with Gasteiger partial charge in [0.05, 0.1) is 5.69 Å². The molecule has 3 aromatic rings. The van der Waals surface area contributed by atoms with Crippen molar-refractivity contribution in [2.75, 3.05) is 0 Å². The molecule has 0 amide bonds. The van der Waals surface area contributed by atoms with E-state index in [4.69, 9.17) is 5.26 Å². The fraction of sp³-hybridized carbons (Fsp3) is 0.100. The van der Waals surface area contributed by atoms with Gasteiger partial charge in [0, 0.05) is 18.0 Å². The molecule has 19 heavy (non-hydrogen) atoms. The molecule has 0 atom stereocenters. The van der Waals surface area contributed by atoms with Gasteiger partial charge in [-0.15, -0.1) is 10.2 Å². The van der Waals surface area contributed by atoms with Crippen molar-refractivity contribution in [2.45, 2.75) is 10.1 Å². The molecule has 94 valence electrons. The van der Waals surface area contributed by atoms with E-state index >= 15 is 0 Å². The molecule has 0 saturated carbocycles. The number of H-pyrrole nitrogens is 1. The Bertz CT molecular complexity index is 813. The lowest BCUT2D eigenvalue weighted by Crippen LogP contribution is -2.15. The van der Waals surface area contributed by atoms with Crippen molar-refractivity contribution in [1.29, 1.82) is 5.26 Å². The van der Waals surface area contributed by atoms with Gasteiger partial charge in [0.25, 0.3) is 5.56 Å². The highest BCUT2D eigenvalue weighted by molar-refractivity contribution is 8.00. The van der Waals surface area contributed by atoms with Crippen LogP contribution in [-0.2, 0) is 5.75 Å². The smallest absolute Gasteiger partial charge is 0.272 e. The minimum atomic E-state index is -0.237. The SMILES string of the molecule is N#Cc1c[nH]n2c(=O)cc(CSc3nncs3)nc12. The van der Waals surface area contributed by atoms with E-state index < -0.39 is 0 Å². The van der Waals surface area contributed by atoms with Crippen LogP contribution in [0.2, 0.25) is 0 Å². The molecule has 0 unspecified atom stereocenters. The summed E-state index contributed by atoms with van der Waals surface area (Å²) in [4.78, 5) is 16.1. The molecule has 0 saturated heterocycles. The summed E-state index contributed by atoms with van der Waals surface area (Å²) >= 11 is 2.89. The molecule has 3 heterocycles. The number of aromatic nitrogens is 5. The number of thioether (sulfide) groups is 1. The summed E-state index contributed by atoms with van der Waals surface area (Å²) in [5, 5.41) is 19.3. The first-order valence-corrected chi connectivity index (χ1v) is 7.03. The number of fused-ring (bicyclic) bond motifs is 1. The molecule has 1 N–H and O–H groups in total. The highest BCUT2D eigenvalue weighted by Gasteiger charge is 2.09. The van der Waals surface area contributed by atoms with Crippen LogP contribution in [0, 0.1) is 11.3 Å². The number of rotatable bonds is 3. The van der Waals surface area contributed by atoms with Gasteiger partial charge in [-0.1, -0.05) is 23.1 Å². The summed E-state index contributed by atoms with van der Waals surface area (Å²) in [6.07, 6.45) is 1.46. The van der Waals surface area contributed by atoms with E-state index in [-0.39, 0.29) is 5.56 Å². The zero-order valence-corrected chi connectivity index (χ0v) is 11.0. The lowest BCUT2D eigenvalue weighted by Gasteiger charge is -1.99. The van der Waals surface area contributed by atoms with Gasteiger partial charge < -0.3 is 0 Å². The lowest BCUT2D eigenvalue weighted by molar-refractivity contribution is 0.888. The number of nitriles is 1. The number of aromatic amines is 1. The topological polar surface area (TPSA) is 99.7 Å². The standard InChI is InChI=1S/C10H6N6OS2/c11-2-6-3-13-16-8(17)1-7(14-9(6)16)4-18-10-15-12-5-19-10/h1,3,5,13H,4H2. The van der Waals surface area contributed by atoms with Crippen molar-refractivity contribution in [2.24, 2.45) is 0 Å². The van der Waals surface area contributed by atoms with Crippen molar-refractivity contribution >= 4 is 28.7 Å². The van der Waals surface area contributed by atoms with Crippen LogP contribution in [0.3, 0.4) is 0 Å². The quantitative estimate of drug-likeness (QED) is 0.723. The molecule has 0 aliphatic heterocycles. The molecule has 7 nitrogen and oxygen atoms in total. The maximum Gasteiger partial charge on any atom is 0.272 e. The van der Waals surface area contributed by atoms with Crippen LogP contribution in [0.4, 0.5) is 0 Å². The first-order chi connectivity index (χ1) is 9.28. The van der Waals surface area contributed by atoms with Gasteiger partial charge >= 0.3 is 0 Å². The largest absolute Gasteiger partial charge is 0.295 e. The maximum atomic E-state index is 11.8. The highest BCUT2D eigenvalue weighted by Crippen LogP contribution is 2.22. The van der Waals surface area contributed by atoms with Crippen molar-refractivity contribution in [3.63, 3.8) is 0 Å². The fourth-order valence-electron chi connectivity index (χ4n) is 1.55. The number of nitrogens with one attached hydrogen (secondary N) is 1. The molecule has 0 aliphatic carbocycles. The second-order valence-electron chi connectivity index (χ2n) is 3.54. The van der Waals surface area contributed by atoms with Crippen LogP contribution < -0.4 is 5.56 Å². The second kappa shape index (κ2) is 4.83. The molecular formula is C10H6N6OS2. The zero-order chi connectivity index (χ0) is 13.2. The Morgan fingerprint density at radius 1 is 1.58 bits per heavy atom. The molecule has 3 aromatic heterocycles. The summed E-state index contributed by atoms with van der Waals surface area (Å²) in [6, 6.07) is 3.44. The Balaban J connectivity index is 1.96. The predicted molar refractivity (Wildman–Crippen MR) is 70.0 cm³/mol. The number of nitrogens with zero attached hydrogens (tertiary/aromatic N) is 5. The van der Waals surface area contributed by atoms with Gasteiger partial charge in [0.1, 0.15) is 17.1 Å². The van der Waals surface area contributed by atoms with E-state index in [1.54, 1.807) is 5.51 Å². The Labute approximate surface area is 114 Å². The molecule has 0 radical (unpaired) electrons. The van der Waals surface area contributed by atoms with Gasteiger partial charge in [0.2, 0.25) is 0 Å². The van der Waals surface area contributed by atoms with Gasteiger partial charge in [-0.2, -0.15) is 5.26 Å². The third kappa shape index (κ3) is 2.23. The molecule has 0 aromatic carbocycles. The Morgan fingerprint density at radius 2 is 2.47 bits per heavy atom. The first-order valence-electron chi connectivity index (χ1n) is 5.17. The van der Waals surface area contributed by atoms with Gasteiger partial charge in [-0.25, -0.2) is 9.50 Å². The molecule has 0 fully saturated rings. The van der Waals surface area contributed by atoms with Crippen LogP contribution in [0.25, 0.3) is 5.65 Å². The van der Waals surface area contributed by atoms with E-state index in [0.29, 0.717) is 22.7 Å². The third-order valence-electron chi connectivity index (χ3n) is 2.35. The van der Waals surface area contributed by atoms with E-state index in [1.165, 1.54) is 39.9 Å². The van der Waals surface area contributed by atoms with Gasteiger partial charge in [-0.3, -0.25) is 9.89 Å². The van der Waals surface area contributed by atoms with Crippen LogP contribution in [0.5, 0.6) is 0 Å². The van der Waals surface area contributed by atoms with Crippen molar-refractivity contribution in [1.82, 2.24) is 24.8 Å². The van der Waals surface area contributed by atoms with Crippen LogP contribution >= 0.6 is 23.1 Å². The van der Waals surface area contributed by atoms with Gasteiger partial charge in [0.15, 0.2) is 9.99 Å². The summed E-state index contributed by atoms with van der Waals surface area (Å²) in [6.45, 7) is 0. The highest BCUT2D eigenvalue weighted by atomic mass is 32.2. The minimum absolute atomic E-state index is 0.237. The summed E-state index contributed by atoms with van der Waals surface area (Å²) in [5.41, 5.74) is 2.72. The first kappa shape index (κ1) is 11.9. The molecule has 0 aliphatic rings. The second-order valence-corrected chi connectivity index (χ2v) is 5.59. The average molecular weight is 290 g/mol. The maximum absolute atomic E-state index is 11.8. The lowest BCUT2D eigenvalue weighted by atomic mass is 10.3. The molecule has 0 bridgehead atoms. The molecule has 9 heteroatoms. The van der Waals surface area contributed by atoms with Crippen LogP contribution in [-0.4, -0.2) is 24.8 Å². The number of hydrogen-bond donors (Lipinski definition) is 1. The Morgan fingerprint density at radius 3 is 3.21 bits per heavy atom. The van der Waals surface area contributed by atoms with Crippen molar-refractivity contribution < 1.29 is 0 Å². The van der Waals surface area contributed by atoms with E-state index in [1.807, 2.05) is 6.07 Å². The van der Waals surface area contributed by atoms with E-state index in [2.05, 4.69) is 20.3 Å². The monoisotopic (exact) mass is 290 g/mol. The van der Waals surface area contributed by atoms with Crippen molar-refractivity contribution in [3.05, 3.63) is 39.4 Å². The Hall–Kier alpha value is -2.18. The average Bonchev–Trinajstić information content (AvgIpc) is 3.05. The third-order valence-corrected chi connectivity index (χ3v) is 4.25.